The maximum absolute atomic E-state index is 11.5. The average Bonchev–Trinajstić information content (AvgIpc) is 2.02. The molecule has 0 aromatic rings. The molecule has 15 heavy (non-hydrogen) atoms. The topological polar surface area (TPSA) is 57.6 Å². The molecule has 0 rings (SSSR count). The lowest BCUT2D eigenvalue weighted by atomic mass is 10.2. The predicted molar refractivity (Wildman–Crippen MR) is 62.7 cm³/mol. The van der Waals surface area contributed by atoms with E-state index in [2.05, 4.69) is 0 Å². The van der Waals surface area contributed by atoms with E-state index in [0.29, 0.717) is 13.1 Å². The summed E-state index contributed by atoms with van der Waals surface area (Å²) in [5, 5.41) is 8.87. The molecular weight excluding hydrogens is 214 g/mol. The Kier molecular flexibility index (Phi) is 5.77. The van der Waals surface area contributed by atoms with Gasteiger partial charge >= 0.3 is 0 Å². The number of aliphatic hydroxyl groups is 1. The summed E-state index contributed by atoms with van der Waals surface area (Å²) in [5.74, 6) is 0. The summed E-state index contributed by atoms with van der Waals surface area (Å²) in [7, 11) is -3.06. The van der Waals surface area contributed by atoms with E-state index >= 15 is 0 Å². The Hall–Kier alpha value is -0.130. The molecule has 0 heterocycles. The van der Waals surface area contributed by atoms with Gasteiger partial charge in [-0.05, 0) is 26.8 Å². The quantitative estimate of drug-likeness (QED) is 0.701. The molecule has 0 amide bonds. The zero-order chi connectivity index (χ0) is 12.1. The summed E-state index contributed by atoms with van der Waals surface area (Å²) in [6.45, 7) is 7.38. The molecule has 92 valence electrons. The first kappa shape index (κ1) is 14.9. The van der Waals surface area contributed by atoms with Gasteiger partial charge in [0, 0.05) is 19.3 Å². The van der Waals surface area contributed by atoms with Crippen LogP contribution in [0, 0.1) is 0 Å². The van der Waals surface area contributed by atoms with E-state index in [0.717, 1.165) is 13.0 Å². The van der Waals surface area contributed by atoms with Crippen molar-refractivity contribution in [2.45, 2.75) is 31.9 Å². The Labute approximate surface area is 93.2 Å². The van der Waals surface area contributed by atoms with Crippen LogP contribution in [-0.4, -0.2) is 55.7 Å². The van der Waals surface area contributed by atoms with Gasteiger partial charge in [0.1, 0.15) is 0 Å². The van der Waals surface area contributed by atoms with Gasteiger partial charge in [0.05, 0.1) is 11.4 Å². The minimum atomic E-state index is -3.06. The zero-order valence-electron chi connectivity index (χ0n) is 10.2. The summed E-state index contributed by atoms with van der Waals surface area (Å²) in [5.41, 5.74) is 0. The van der Waals surface area contributed by atoms with Crippen LogP contribution >= 0.6 is 0 Å². The maximum atomic E-state index is 11.5. The second-order valence-corrected chi connectivity index (χ2v) is 7.18. The Morgan fingerprint density at radius 1 is 1.27 bits per heavy atom. The van der Waals surface area contributed by atoms with E-state index in [1.54, 1.807) is 13.8 Å². The Morgan fingerprint density at radius 3 is 2.13 bits per heavy atom. The van der Waals surface area contributed by atoms with Gasteiger partial charge in [-0.15, -0.1) is 0 Å². The fourth-order valence-electron chi connectivity index (χ4n) is 1.38. The number of rotatable bonds is 7. The standard InChI is InChI=1S/C10H23NO3S/c1-5-6-11(7-8-12)9-10(2,3)15(4,13)14/h12H,5-9H2,1-4H3. The molecule has 0 aromatic heterocycles. The van der Waals surface area contributed by atoms with E-state index in [1.165, 1.54) is 6.26 Å². The first-order chi connectivity index (χ1) is 6.74. The van der Waals surface area contributed by atoms with E-state index in [1.807, 2.05) is 11.8 Å². The van der Waals surface area contributed by atoms with Gasteiger partial charge in [0.2, 0.25) is 0 Å². The number of hydrogen-bond donors (Lipinski definition) is 1. The van der Waals surface area contributed by atoms with Gasteiger partial charge in [0.25, 0.3) is 0 Å². The fourth-order valence-corrected chi connectivity index (χ4v) is 1.80. The lowest BCUT2D eigenvalue weighted by molar-refractivity contribution is 0.186. The maximum Gasteiger partial charge on any atom is 0.153 e. The normalized spacial score (nSPS) is 13.5. The molecule has 0 atom stereocenters. The number of nitrogens with zero attached hydrogens (tertiary/aromatic N) is 1. The zero-order valence-corrected chi connectivity index (χ0v) is 11.0. The molecular formula is C10H23NO3S. The molecule has 0 bridgehead atoms. The highest BCUT2D eigenvalue weighted by Crippen LogP contribution is 2.16. The van der Waals surface area contributed by atoms with Crippen molar-refractivity contribution in [2.24, 2.45) is 0 Å². The number of hydrogen-bond acceptors (Lipinski definition) is 4. The Morgan fingerprint density at radius 2 is 1.80 bits per heavy atom. The van der Waals surface area contributed by atoms with Crippen LogP contribution in [0.1, 0.15) is 27.2 Å². The minimum Gasteiger partial charge on any atom is -0.395 e. The van der Waals surface area contributed by atoms with Crippen molar-refractivity contribution in [3.05, 3.63) is 0 Å². The first-order valence-corrected chi connectivity index (χ1v) is 7.16. The highest BCUT2D eigenvalue weighted by Gasteiger charge is 2.31. The smallest absolute Gasteiger partial charge is 0.153 e. The third-order valence-electron chi connectivity index (χ3n) is 2.56. The molecule has 0 aromatic carbocycles. The van der Waals surface area contributed by atoms with Crippen molar-refractivity contribution >= 4 is 9.84 Å². The summed E-state index contributed by atoms with van der Waals surface area (Å²) in [4.78, 5) is 1.99. The second kappa shape index (κ2) is 5.82. The highest BCUT2D eigenvalue weighted by molar-refractivity contribution is 7.92. The lowest BCUT2D eigenvalue weighted by Gasteiger charge is -2.30. The third-order valence-corrected chi connectivity index (χ3v) is 4.70. The number of aliphatic hydroxyl groups excluding tert-OH is 1. The SMILES string of the molecule is CCCN(CCO)CC(C)(C)S(C)(=O)=O. The molecule has 0 saturated carbocycles. The second-order valence-electron chi connectivity index (χ2n) is 4.53. The van der Waals surface area contributed by atoms with Crippen LogP contribution in [0.5, 0.6) is 0 Å². The summed E-state index contributed by atoms with van der Waals surface area (Å²) in [6.07, 6.45) is 2.22. The molecule has 0 saturated heterocycles. The molecule has 0 fully saturated rings. The van der Waals surface area contributed by atoms with E-state index in [-0.39, 0.29) is 6.61 Å². The van der Waals surface area contributed by atoms with Gasteiger partial charge in [-0.3, -0.25) is 4.90 Å². The van der Waals surface area contributed by atoms with Gasteiger partial charge in [-0.1, -0.05) is 6.92 Å². The third kappa shape index (κ3) is 4.95. The molecule has 0 aliphatic carbocycles. The lowest BCUT2D eigenvalue weighted by Crippen LogP contribution is -2.45. The van der Waals surface area contributed by atoms with E-state index in [9.17, 15) is 8.42 Å². The summed E-state index contributed by atoms with van der Waals surface area (Å²) < 4.78 is 22.3. The number of sulfone groups is 1. The van der Waals surface area contributed by atoms with Crippen LogP contribution < -0.4 is 0 Å². The van der Waals surface area contributed by atoms with Crippen molar-refractivity contribution in [3.8, 4) is 0 Å². The van der Waals surface area contributed by atoms with Crippen molar-refractivity contribution < 1.29 is 13.5 Å². The van der Waals surface area contributed by atoms with Gasteiger partial charge in [-0.25, -0.2) is 8.42 Å². The first-order valence-electron chi connectivity index (χ1n) is 5.27. The molecule has 5 heteroatoms. The molecule has 4 nitrogen and oxygen atoms in total. The monoisotopic (exact) mass is 237 g/mol. The van der Waals surface area contributed by atoms with Crippen molar-refractivity contribution in [3.63, 3.8) is 0 Å². The molecule has 1 N–H and O–H groups in total. The van der Waals surface area contributed by atoms with E-state index in [4.69, 9.17) is 5.11 Å². The van der Waals surface area contributed by atoms with Crippen LogP contribution in [0.2, 0.25) is 0 Å². The predicted octanol–water partition coefficient (Wildman–Crippen LogP) is 0.514. The van der Waals surface area contributed by atoms with Crippen LogP contribution in [0.25, 0.3) is 0 Å². The largest absolute Gasteiger partial charge is 0.395 e. The van der Waals surface area contributed by atoms with Crippen LogP contribution in [0.3, 0.4) is 0 Å². The van der Waals surface area contributed by atoms with Gasteiger partial charge < -0.3 is 5.11 Å². The van der Waals surface area contributed by atoms with Crippen LogP contribution in [0.15, 0.2) is 0 Å². The Balaban J connectivity index is 4.51. The van der Waals surface area contributed by atoms with Crippen LogP contribution in [-0.2, 0) is 9.84 Å². The van der Waals surface area contributed by atoms with Gasteiger partial charge in [0.15, 0.2) is 9.84 Å². The minimum absolute atomic E-state index is 0.0693. The van der Waals surface area contributed by atoms with Crippen LogP contribution in [0.4, 0.5) is 0 Å². The van der Waals surface area contributed by atoms with E-state index < -0.39 is 14.6 Å². The summed E-state index contributed by atoms with van der Waals surface area (Å²) >= 11 is 0. The average molecular weight is 237 g/mol. The van der Waals surface area contributed by atoms with Crippen molar-refractivity contribution in [1.29, 1.82) is 0 Å². The summed E-state index contributed by atoms with van der Waals surface area (Å²) in [6, 6.07) is 0. The highest BCUT2D eigenvalue weighted by atomic mass is 32.2. The molecule has 0 spiro atoms. The Bertz CT molecular complexity index is 266. The molecule has 0 radical (unpaired) electrons. The fraction of sp³-hybridized carbons (Fsp3) is 1.00. The van der Waals surface area contributed by atoms with Gasteiger partial charge in [-0.2, -0.15) is 0 Å². The van der Waals surface area contributed by atoms with Crippen molar-refractivity contribution in [1.82, 2.24) is 4.90 Å². The van der Waals surface area contributed by atoms with Crippen molar-refractivity contribution in [2.75, 3.05) is 32.5 Å². The molecule has 0 unspecified atom stereocenters. The molecule has 0 aliphatic heterocycles. The molecule has 0 aliphatic rings.